The van der Waals surface area contributed by atoms with Gasteiger partial charge in [0.1, 0.15) is 5.82 Å². The van der Waals surface area contributed by atoms with Crippen LogP contribution in [0.15, 0.2) is 12.1 Å². The van der Waals surface area contributed by atoms with Crippen molar-refractivity contribution in [3.63, 3.8) is 0 Å². The molecule has 3 nitrogen and oxygen atoms in total. The third-order valence-corrected chi connectivity index (χ3v) is 4.14. The van der Waals surface area contributed by atoms with Crippen molar-refractivity contribution in [2.45, 2.75) is 32.2 Å². The molecule has 90 valence electrons. The molecular formula is C13H16ClN3. The smallest absolute Gasteiger partial charge is 0.127 e. The lowest BCUT2D eigenvalue weighted by atomic mass is 10.00. The zero-order valence-corrected chi connectivity index (χ0v) is 10.9. The monoisotopic (exact) mass is 249 g/mol. The van der Waals surface area contributed by atoms with E-state index in [4.69, 9.17) is 16.6 Å². The molecule has 2 aromatic rings. The summed E-state index contributed by atoms with van der Waals surface area (Å²) >= 11 is 6.12. The minimum Gasteiger partial charge on any atom is -0.340 e. The first-order valence-corrected chi connectivity index (χ1v) is 6.38. The van der Waals surface area contributed by atoms with E-state index < -0.39 is 0 Å². The molecule has 1 aliphatic rings. The average molecular weight is 250 g/mol. The zero-order valence-electron chi connectivity index (χ0n) is 10.1. The number of rotatable bonds is 1. The van der Waals surface area contributed by atoms with Gasteiger partial charge in [-0.05, 0) is 50.9 Å². The fourth-order valence-corrected chi connectivity index (χ4v) is 2.70. The van der Waals surface area contributed by atoms with Crippen molar-refractivity contribution in [3.8, 4) is 0 Å². The number of imidazole rings is 1. The van der Waals surface area contributed by atoms with Crippen LogP contribution >= 0.6 is 11.6 Å². The molecule has 1 aromatic heterocycles. The minimum atomic E-state index is -0.0159. The molecule has 0 spiro atoms. The molecule has 2 N–H and O–H groups in total. The van der Waals surface area contributed by atoms with E-state index in [9.17, 15) is 0 Å². The van der Waals surface area contributed by atoms with Crippen LogP contribution in [0.4, 0.5) is 0 Å². The van der Waals surface area contributed by atoms with Gasteiger partial charge < -0.3 is 10.3 Å². The van der Waals surface area contributed by atoms with Gasteiger partial charge in [0.15, 0.2) is 0 Å². The Balaban J connectivity index is 2.17. The highest BCUT2D eigenvalue weighted by atomic mass is 35.5. The third-order valence-electron chi connectivity index (χ3n) is 3.73. The number of fused-ring (bicyclic) bond motifs is 1. The Hall–Kier alpha value is -1.06. The average Bonchev–Trinajstić information content (AvgIpc) is 2.91. The van der Waals surface area contributed by atoms with Gasteiger partial charge in [0.2, 0.25) is 0 Å². The normalized spacial score (nSPS) is 24.6. The molecule has 3 rings (SSSR count). The number of aromatic amines is 1. The van der Waals surface area contributed by atoms with Crippen molar-refractivity contribution in [2.24, 2.45) is 0 Å². The maximum Gasteiger partial charge on any atom is 0.127 e. The van der Waals surface area contributed by atoms with Crippen LogP contribution in [0.3, 0.4) is 0 Å². The summed E-state index contributed by atoms with van der Waals surface area (Å²) in [6.07, 6.45) is 2.33. The Morgan fingerprint density at radius 3 is 2.94 bits per heavy atom. The van der Waals surface area contributed by atoms with E-state index in [1.165, 1.54) is 6.42 Å². The summed E-state index contributed by atoms with van der Waals surface area (Å²) in [4.78, 5) is 8.14. The summed E-state index contributed by atoms with van der Waals surface area (Å²) in [6, 6.07) is 3.92. The van der Waals surface area contributed by atoms with Crippen molar-refractivity contribution in [1.29, 1.82) is 0 Å². The Morgan fingerprint density at radius 1 is 1.41 bits per heavy atom. The molecule has 1 unspecified atom stereocenters. The van der Waals surface area contributed by atoms with E-state index in [1.54, 1.807) is 0 Å². The van der Waals surface area contributed by atoms with E-state index in [0.29, 0.717) is 0 Å². The van der Waals surface area contributed by atoms with Crippen molar-refractivity contribution in [2.75, 3.05) is 6.54 Å². The van der Waals surface area contributed by atoms with E-state index in [2.05, 4.69) is 17.2 Å². The summed E-state index contributed by atoms with van der Waals surface area (Å²) in [5.74, 6) is 1.02. The van der Waals surface area contributed by atoms with Gasteiger partial charge in [-0.15, -0.1) is 0 Å². The number of nitrogens with one attached hydrogen (secondary N) is 2. The maximum atomic E-state index is 6.12. The van der Waals surface area contributed by atoms with Crippen LogP contribution in [0.5, 0.6) is 0 Å². The summed E-state index contributed by atoms with van der Waals surface area (Å²) in [7, 11) is 0. The second-order valence-corrected chi connectivity index (χ2v) is 5.42. The molecule has 1 atom stereocenters. The molecule has 1 aliphatic heterocycles. The Bertz CT molecular complexity index is 567. The number of hydrogen-bond donors (Lipinski definition) is 2. The van der Waals surface area contributed by atoms with Crippen LogP contribution in [0.25, 0.3) is 11.0 Å². The van der Waals surface area contributed by atoms with Gasteiger partial charge in [0, 0.05) is 5.02 Å². The van der Waals surface area contributed by atoms with E-state index in [1.807, 2.05) is 19.1 Å². The van der Waals surface area contributed by atoms with Gasteiger partial charge in [-0.3, -0.25) is 0 Å². The third kappa shape index (κ3) is 1.65. The SMILES string of the molecule is Cc1c(Cl)ccc2[nH]c(C3(C)CCCN3)nc12. The van der Waals surface area contributed by atoms with Crippen molar-refractivity contribution >= 4 is 22.6 Å². The molecule has 1 fully saturated rings. The van der Waals surface area contributed by atoms with Crippen LogP contribution in [-0.2, 0) is 5.54 Å². The lowest BCUT2D eigenvalue weighted by Gasteiger charge is -2.21. The highest BCUT2D eigenvalue weighted by molar-refractivity contribution is 6.32. The predicted octanol–water partition coefficient (Wildman–Crippen LogP) is 3.12. The van der Waals surface area contributed by atoms with Gasteiger partial charge >= 0.3 is 0 Å². The number of aryl methyl sites for hydroxylation is 1. The van der Waals surface area contributed by atoms with Crippen LogP contribution in [-0.4, -0.2) is 16.5 Å². The summed E-state index contributed by atoms with van der Waals surface area (Å²) in [5.41, 5.74) is 3.09. The van der Waals surface area contributed by atoms with Crippen molar-refractivity contribution in [3.05, 3.63) is 28.5 Å². The molecule has 0 radical (unpaired) electrons. The lowest BCUT2D eigenvalue weighted by Crippen LogP contribution is -2.34. The molecule has 0 saturated carbocycles. The Morgan fingerprint density at radius 2 is 2.24 bits per heavy atom. The van der Waals surface area contributed by atoms with Crippen LogP contribution < -0.4 is 5.32 Å². The van der Waals surface area contributed by atoms with E-state index >= 15 is 0 Å². The largest absolute Gasteiger partial charge is 0.340 e. The van der Waals surface area contributed by atoms with Crippen LogP contribution in [0, 0.1) is 6.92 Å². The van der Waals surface area contributed by atoms with Crippen molar-refractivity contribution < 1.29 is 0 Å². The number of benzene rings is 1. The number of hydrogen-bond acceptors (Lipinski definition) is 2. The van der Waals surface area contributed by atoms with Gasteiger partial charge in [0.25, 0.3) is 0 Å². The van der Waals surface area contributed by atoms with Crippen LogP contribution in [0.2, 0.25) is 5.02 Å². The quantitative estimate of drug-likeness (QED) is 0.815. The Labute approximate surface area is 106 Å². The fraction of sp³-hybridized carbons (Fsp3) is 0.462. The highest BCUT2D eigenvalue weighted by Gasteiger charge is 2.33. The van der Waals surface area contributed by atoms with Gasteiger partial charge in [0.05, 0.1) is 16.6 Å². The summed E-state index contributed by atoms with van der Waals surface area (Å²) < 4.78 is 0. The lowest BCUT2D eigenvalue weighted by molar-refractivity contribution is 0.412. The summed E-state index contributed by atoms with van der Waals surface area (Å²) in [5, 5.41) is 4.30. The molecule has 2 heterocycles. The first kappa shape index (κ1) is 11.1. The van der Waals surface area contributed by atoms with Gasteiger partial charge in [-0.1, -0.05) is 11.6 Å². The zero-order chi connectivity index (χ0) is 12.0. The molecule has 1 saturated heterocycles. The predicted molar refractivity (Wildman–Crippen MR) is 70.4 cm³/mol. The highest BCUT2D eigenvalue weighted by Crippen LogP contribution is 2.31. The summed E-state index contributed by atoms with van der Waals surface area (Å²) in [6.45, 7) is 5.28. The molecular weight excluding hydrogens is 234 g/mol. The minimum absolute atomic E-state index is 0.0159. The van der Waals surface area contributed by atoms with Crippen molar-refractivity contribution in [1.82, 2.24) is 15.3 Å². The fourth-order valence-electron chi connectivity index (χ4n) is 2.55. The van der Waals surface area contributed by atoms with Gasteiger partial charge in [-0.2, -0.15) is 0 Å². The first-order valence-electron chi connectivity index (χ1n) is 6.00. The molecule has 4 heteroatoms. The molecule has 0 bridgehead atoms. The maximum absolute atomic E-state index is 6.12. The molecule has 1 aromatic carbocycles. The molecule has 0 aliphatic carbocycles. The molecule has 17 heavy (non-hydrogen) atoms. The second kappa shape index (κ2) is 3.72. The van der Waals surface area contributed by atoms with E-state index in [0.717, 1.165) is 40.4 Å². The first-order chi connectivity index (χ1) is 8.10. The van der Waals surface area contributed by atoms with Gasteiger partial charge in [-0.25, -0.2) is 4.98 Å². The Kier molecular flexibility index (Phi) is 2.42. The second-order valence-electron chi connectivity index (χ2n) is 5.02. The standard InChI is InChI=1S/C13H16ClN3/c1-8-9(14)4-5-10-11(8)17-12(16-10)13(2)6-3-7-15-13/h4-5,15H,3,6-7H2,1-2H3,(H,16,17). The van der Waals surface area contributed by atoms with Crippen LogP contribution in [0.1, 0.15) is 31.2 Å². The number of aromatic nitrogens is 2. The molecule has 0 amide bonds. The van der Waals surface area contributed by atoms with E-state index in [-0.39, 0.29) is 5.54 Å². The topological polar surface area (TPSA) is 40.7 Å². The number of H-pyrrole nitrogens is 1. The number of nitrogens with zero attached hydrogens (tertiary/aromatic N) is 1. The number of halogens is 1.